The Morgan fingerprint density at radius 1 is 1.03 bits per heavy atom. The molecule has 0 saturated heterocycles. The zero-order chi connectivity index (χ0) is 21.1. The maximum absolute atomic E-state index is 13.5. The topological polar surface area (TPSA) is 65.1 Å². The highest BCUT2D eigenvalue weighted by Crippen LogP contribution is 2.40. The van der Waals surface area contributed by atoms with E-state index >= 15 is 0 Å². The van der Waals surface area contributed by atoms with Crippen LogP contribution in [0.2, 0.25) is 0 Å². The number of hydrogen-bond acceptors (Lipinski definition) is 5. The number of benzene rings is 2. The minimum absolute atomic E-state index is 0.0790. The predicted octanol–water partition coefficient (Wildman–Crippen LogP) is 3.62. The molecule has 3 rings (SSSR count). The van der Waals surface area contributed by atoms with E-state index in [-0.39, 0.29) is 18.3 Å². The molecule has 2 aromatic carbocycles. The van der Waals surface area contributed by atoms with E-state index in [9.17, 15) is 9.59 Å². The van der Waals surface area contributed by atoms with Crippen LogP contribution in [0.15, 0.2) is 30.3 Å². The van der Waals surface area contributed by atoms with Gasteiger partial charge in [0.25, 0.3) is 5.91 Å². The minimum atomic E-state index is -0.432. The summed E-state index contributed by atoms with van der Waals surface area (Å²) < 4.78 is 15.8. The molecular weight excluding hydrogens is 370 g/mol. The third kappa shape index (κ3) is 4.06. The van der Waals surface area contributed by atoms with Crippen LogP contribution in [0.4, 0.5) is 0 Å². The summed E-state index contributed by atoms with van der Waals surface area (Å²) >= 11 is 0. The number of aryl methyl sites for hydroxylation is 2. The van der Waals surface area contributed by atoms with Crippen LogP contribution >= 0.6 is 0 Å². The van der Waals surface area contributed by atoms with Gasteiger partial charge in [-0.1, -0.05) is 17.7 Å². The summed E-state index contributed by atoms with van der Waals surface area (Å²) in [6, 6.07) is 9.20. The lowest BCUT2D eigenvalue weighted by molar-refractivity contribution is -0.141. The number of esters is 1. The van der Waals surface area contributed by atoms with Gasteiger partial charge in [-0.25, -0.2) is 0 Å². The largest absolute Gasteiger partial charge is 0.493 e. The van der Waals surface area contributed by atoms with E-state index < -0.39 is 6.04 Å². The molecule has 0 aliphatic carbocycles. The highest BCUT2D eigenvalue weighted by molar-refractivity contribution is 5.96. The summed E-state index contributed by atoms with van der Waals surface area (Å²) in [4.78, 5) is 27.4. The molecule has 29 heavy (non-hydrogen) atoms. The maximum atomic E-state index is 13.5. The van der Waals surface area contributed by atoms with E-state index in [1.807, 2.05) is 44.2 Å². The molecule has 6 heteroatoms. The first-order chi connectivity index (χ1) is 13.9. The number of rotatable bonds is 5. The molecule has 0 spiro atoms. The van der Waals surface area contributed by atoms with Crippen LogP contribution in [0.3, 0.4) is 0 Å². The maximum Gasteiger partial charge on any atom is 0.307 e. The summed E-state index contributed by atoms with van der Waals surface area (Å²) in [5.41, 5.74) is 4.52. The third-order valence-corrected chi connectivity index (χ3v) is 5.47. The Morgan fingerprint density at radius 3 is 2.38 bits per heavy atom. The second kappa shape index (κ2) is 8.55. The second-order valence-electron chi connectivity index (χ2n) is 7.27. The van der Waals surface area contributed by atoms with Gasteiger partial charge >= 0.3 is 5.97 Å². The summed E-state index contributed by atoms with van der Waals surface area (Å²) in [6.07, 6.45) is 0.750. The lowest BCUT2D eigenvalue weighted by atomic mass is 9.89. The van der Waals surface area contributed by atoms with Gasteiger partial charge in [-0.15, -0.1) is 0 Å². The molecule has 1 unspecified atom stereocenters. The van der Waals surface area contributed by atoms with Crippen LogP contribution < -0.4 is 9.47 Å². The fourth-order valence-electron chi connectivity index (χ4n) is 3.85. The van der Waals surface area contributed by atoms with Crippen LogP contribution in [0.25, 0.3) is 0 Å². The molecule has 0 N–H and O–H groups in total. The SMILES string of the molecule is COC(=O)CC1c2cc(OC)c(OC)cc2CCN1C(=O)c1cc(C)ccc1C. The predicted molar refractivity (Wildman–Crippen MR) is 110 cm³/mol. The molecule has 0 aromatic heterocycles. The van der Waals surface area contributed by atoms with Gasteiger partial charge in [-0.05, 0) is 55.2 Å². The van der Waals surface area contributed by atoms with Gasteiger partial charge < -0.3 is 19.1 Å². The van der Waals surface area contributed by atoms with Gasteiger partial charge in [0.15, 0.2) is 11.5 Å². The van der Waals surface area contributed by atoms with E-state index in [2.05, 4.69) is 0 Å². The summed E-state index contributed by atoms with van der Waals surface area (Å²) in [5.74, 6) is 0.761. The van der Waals surface area contributed by atoms with Crippen molar-refractivity contribution in [3.05, 3.63) is 58.1 Å². The molecule has 2 aromatic rings. The van der Waals surface area contributed by atoms with Crippen LogP contribution in [0.1, 0.15) is 45.1 Å². The normalized spacial score (nSPS) is 15.5. The van der Waals surface area contributed by atoms with E-state index in [1.165, 1.54) is 7.11 Å². The zero-order valence-electron chi connectivity index (χ0n) is 17.6. The van der Waals surface area contributed by atoms with E-state index in [4.69, 9.17) is 14.2 Å². The molecule has 1 aliphatic rings. The Hall–Kier alpha value is -3.02. The Balaban J connectivity index is 2.07. The number of carbonyl (C=O) groups excluding carboxylic acids is 2. The summed E-state index contributed by atoms with van der Waals surface area (Å²) in [7, 11) is 4.52. The van der Waals surface area contributed by atoms with Crippen molar-refractivity contribution in [2.45, 2.75) is 32.7 Å². The highest BCUT2D eigenvalue weighted by atomic mass is 16.5. The number of carbonyl (C=O) groups is 2. The Kier molecular flexibility index (Phi) is 6.11. The van der Waals surface area contributed by atoms with Crippen LogP contribution in [-0.2, 0) is 16.0 Å². The van der Waals surface area contributed by atoms with Crippen LogP contribution in [-0.4, -0.2) is 44.7 Å². The van der Waals surface area contributed by atoms with Crippen molar-refractivity contribution < 1.29 is 23.8 Å². The average molecular weight is 397 g/mol. The van der Waals surface area contributed by atoms with Crippen LogP contribution in [0.5, 0.6) is 11.5 Å². The van der Waals surface area contributed by atoms with E-state index in [0.717, 1.165) is 22.3 Å². The summed E-state index contributed by atoms with van der Waals surface area (Å²) in [6.45, 7) is 4.40. The highest BCUT2D eigenvalue weighted by Gasteiger charge is 2.34. The first-order valence-corrected chi connectivity index (χ1v) is 9.59. The Morgan fingerprint density at radius 2 is 1.72 bits per heavy atom. The fraction of sp³-hybridized carbons (Fsp3) is 0.391. The molecule has 6 nitrogen and oxygen atoms in total. The number of hydrogen-bond donors (Lipinski definition) is 0. The molecule has 1 heterocycles. The lowest BCUT2D eigenvalue weighted by Gasteiger charge is -2.37. The van der Waals surface area contributed by atoms with Crippen molar-refractivity contribution in [1.82, 2.24) is 4.90 Å². The molecule has 0 saturated carbocycles. The zero-order valence-corrected chi connectivity index (χ0v) is 17.6. The Labute approximate surface area is 171 Å². The van der Waals surface area contributed by atoms with Gasteiger partial charge in [0.2, 0.25) is 0 Å². The van der Waals surface area contributed by atoms with Gasteiger partial charge in [-0.2, -0.15) is 0 Å². The van der Waals surface area contributed by atoms with Gasteiger partial charge in [0.05, 0.1) is 33.8 Å². The second-order valence-corrected chi connectivity index (χ2v) is 7.27. The van der Waals surface area contributed by atoms with Crippen molar-refractivity contribution in [2.24, 2.45) is 0 Å². The lowest BCUT2D eigenvalue weighted by Crippen LogP contribution is -2.41. The first kappa shape index (κ1) is 20.7. The fourth-order valence-corrected chi connectivity index (χ4v) is 3.85. The van der Waals surface area contributed by atoms with Crippen molar-refractivity contribution in [3.8, 4) is 11.5 Å². The number of methoxy groups -OCH3 is 3. The van der Waals surface area contributed by atoms with E-state index in [1.54, 1.807) is 19.1 Å². The molecule has 0 radical (unpaired) electrons. The number of amides is 1. The molecule has 1 atom stereocenters. The van der Waals surface area contributed by atoms with Crippen molar-refractivity contribution in [1.29, 1.82) is 0 Å². The number of ether oxygens (including phenoxy) is 3. The average Bonchev–Trinajstić information content (AvgIpc) is 2.73. The first-order valence-electron chi connectivity index (χ1n) is 9.59. The minimum Gasteiger partial charge on any atom is -0.493 e. The quantitative estimate of drug-likeness (QED) is 0.721. The van der Waals surface area contributed by atoms with E-state index in [0.29, 0.717) is 30.0 Å². The standard InChI is InChI=1S/C23H27NO5/c1-14-6-7-15(2)17(10-14)23(26)24-9-8-16-11-20(27-3)21(28-4)12-18(16)19(24)13-22(25)29-5/h6-7,10-12,19H,8-9,13H2,1-5H3. The molecule has 0 fully saturated rings. The Bertz CT molecular complexity index is 937. The number of nitrogens with zero attached hydrogens (tertiary/aromatic N) is 1. The summed E-state index contributed by atoms with van der Waals surface area (Å²) in [5, 5.41) is 0. The molecule has 1 amide bonds. The van der Waals surface area contributed by atoms with Gasteiger partial charge in [-0.3, -0.25) is 9.59 Å². The third-order valence-electron chi connectivity index (χ3n) is 5.47. The van der Waals surface area contributed by atoms with Crippen LogP contribution in [0, 0.1) is 13.8 Å². The molecular formula is C23H27NO5. The smallest absolute Gasteiger partial charge is 0.307 e. The molecule has 1 aliphatic heterocycles. The van der Waals surface area contributed by atoms with Gasteiger partial charge in [0, 0.05) is 12.1 Å². The van der Waals surface area contributed by atoms with Gasteiger partial charge in [0.1, 0.15) is 0 Å². The van der Waals surface area contributed by atoms with Crippen molar-refractivity contribution in [2.75, 3.05) is 27.9 Å². The monoisotopic (exact) mass is 397 g/mol. The number of fused-ring (bicyclic) bond motifs is 1. The molecule has 0 bridgehead atoms. The van der Waals surface area contributed by atoms with Crippen molar-refractivity contribution >= 4 is 11.9 Å². The van der Waals surface area contributed by atoms with Crippen molar-refractivity contribution in [3.63, 3.8) is 0 Å². The molecule has 154 valence electrons.